The molecule has 0 spiro atoms. The number of nitrogens with zero attached hydrogens (tertiary/aromatic N) is 2. The first kappa shape index (κ1) is 17.3. The number of rotatable bonds is 5. The van der Waals surface area contributed by atoms with E-state index in [0.29, 0.717) is 17.4 Å². The minimum absolute atomic E-state index is 0.145. The van der Waals surface area contributed by atoms with Gasteiger partial charge in [0.1, 0.15) is 5.75 Å². The molecule has 25 heavy (non-hydrogen) atoms. The topological polar surface area (TPSA) is 56.1 Å². The Hall–Kier alpha value is -2.53. The minimum Gasteiger partial charge on any atom is -0.497 e. The van der Waals surface area contributed by atoms with Crippen LogP contribution in [0.15, 0.2) is 42.5 Å². The maximum atomic E-state index is 12.4. The zero-order valence-corrected chi connectivity index (χ0v) is 15.2. The SMILES string of the molecule is COc1ccc(CNC(=O)c2ccc3c(c2)nc(Cl)n3C(C)C)cc1. The second kappa shape index (κ2) is 7.15. The molecule has 130 valence electrons. The van der Waals surface area contributed by atoms with Crippen molar-refractivity contribution in [2.45, 2.75) is 26.4 Å². The predicted octanol–water partition coefficient (Wildman–Crippen LogP) is 4.21. The van der Waals surface area contributed by atoms with Gasteiger partial charge in [0.05, 0.1) is 18.1 Å². The van der Waals surface area contributed by atoms with E-state index in [4.69, 9.17) is 16.3 Å². The summed E-state index contributed by atoms with van der Waals surface area (Å²) in [4.78, 5) is 16.8. The first-order chi connectivity index (χ1) is 12.0. The zero-order chi connectivity index (χ0) is 18.0. The van der Waals surface area contributed by atoms with Crippen molar-refractivity contribution >= 4 is 28.5 Å². The van der Waals surface area contributed by atoms with E-state index in [0.717, 1.165) is 22.3 Å². The highest BCUT2D eigenvalue weighted by Crippen LogP contribution is 2.25. The van der Waals surface area contributed by atoms with E-state index < -0.39 is 0 Å². The third-order valence-corrected chi connectivity index (χ3v) is 4.30. The fourth-order valence-electron chi connectivity index (χ4n) is 2.73. The van der Waals surface area contributed by atoms with Gasteiger partial charge in [-0.05, 0) is 61.3 Å². The molecule has 0 unspecified atom stereocenters. The van der Waals surface area contributed by atoms with Crippen LogP contribution in [-0.2, 0) is 6.54 Å². The fraction of sp³-hybridized carbons (Fsp3) is 0.263. The van der Waals surface area contributed by atoms with Crippen LogP contribution in [-0.4, -0.2) is 22.6 Å². The number of imidazole rings is 1. The smallest absolute Gasteiger partial charge is 0.251 e. The highest BCUT2D eigenvalue weighted by molar-refractivity contribution is 6.29. The normalized spacial score (nSPS) is 11.1. The van der Waals surface area contributed by atoms with E-state index in [2.05, 4.69) is 10.3 Å². The average Bonchev–Trinajstić information content (AvgIpc) is 2.95. The molecule has 1 aromatic heterocycles. The number of fused-ring (bicyclic) bond motifs is 1. The molecule has 0 radical (unpaired) electrons. The van der Waals surface area contributed by atoms with Gasteiger partial charge in [0, 0.05) is 18.2 Å². The molecule has 0 fully saturated rings. The van der Waals surface area contributed by atoms with Gasteiger partial charge >= 0.3 is 0 Å². The van der Waals surface area contributed by atoms with Crippen molar-refractivity contribution < 1.29 is 9.53 Å². The van der Waals surface area contributed by atoms with Gasteiger partial charge in [-0.15, -0.1) is 0 Å². The molecular formula is C19H20ClN3O2. The largest absolute Gasteiger partial charge is 0.497 e. The molecule has 5 nitrogen and oxygen atoms in total. The first-order valence-electron chi connectivity index (χ1n) is 8.08. The third-order valence-electron chi connectivity index (χ3n) is 4.04. The van der Waals surface area contributed by atoms with Gasteiger partial charge in [-0.2, -0.15) is 0 Å². The Bertz CT molecular complexity index is 901. The Labute approximate surface area is 151 Å². The number of amides is 1. The first-order valence-corrected chi connectivity index (χ1v) is 8.46. The van der Waals surface area contributed by atoms with Gasteiger partial charge in [-0.3, -0.25) is 4.79 Å². The molecule has 3 aromatic rings. The maximum Gasteiger partial charge on any atom is 0.251 e. The fourth-order valence-corrected chi connectivity index (χ4v) is 3.11. The Kier molecular flexibility index (Phi) is 4.95. The van der Waals surface area contributed by atoms with Crippen molar-refractivity contribution in [2.75, 3.05) is 7.11 Å². The van der Waals surface area contributed by atoms with Crippen LogP contribution in [0, 0.1) is 0 Å². The monoisotopic (exact) mass is 357 g/mol. The molecule has 1 amide bonds. The van der Waals surface area contributed by atoms with Crippen LogP contribution in [0.25, 0.3) is 11.0 Å². The quantitative estimate of drug-likeness (QED) is 0.744. The molecule has 0 atom stereocenters. The molecule has 6 heteroatoms. The molecule has 0 saturated carbocycles. The van der Waals surface area contributed by atoms with Gasteiger partial charge in [0.25, 0.3) is 5.91 Å². The van der Waals surface area contributed by atoms with Crippen LogP contribution in [0.4, 0.5) is 0 Å². The molecular weight excluding hydrogens is 338 g/mol. The van der Waals surface area contributed by atoms with Crippen LogP contribution in [0.3, 0.4) is 0 Å². The lowest BCUT2D eigenvalue weighted by Crippen LogP contribution is -2.22. The minimum atomic E-state index is -0.145. The molecule has 0 bridgehead atoms. The molecule has 2 aromatic carbocycles. The highest BCUT2D eigenvalue weighted by Gasteiger charge is 2.14. The van der Waals surface area contributed by atoms with Crippen LogP contribution >= 0.6 is 11.6 Å². The van der Waals surface area contributed by atoms with E-state index in [-0.39, 0.29) is 11.9 Å². The summed E-state index contributed by atoms with van der Waals surface area (Å²) in [5, 5.41) is 3.35. The number of methoxy groups -OCH3 is 1. The van der Waals surface area contributed by atoms with Crippen molar-refractivity contribution in [3.8, 4) is 5.75 Å². The van der Waals surface area contributed by atoms with Crippen molar-refractivity contribution in [2.24, 2.45) is 0 Å². The van der Waals surface area contributed by atoms with Gasteiger partial charge in [-0.25, -0.2) is 4.98 Å². The van der Waals surface area contributed by atoms with Crippen LogP contribution in [0.1, 0.15) is 35.8 Å². The lowest BCUT2D eigenvalue weighted by atomic mass is 10.1. The van der Waals surface area contributed by atoms with Crippen molar-refractivity contribution in [1.29, 1.82) is 0 Å². The van der Waals surface area contributed by atoms with E-state index in [1.807, 2.05) is 48.7 Å². The lowest BCUT2D eigenvalue weighted by Gasteiger charge is -2.10. The summed E-state index contributed by atoms with van der Waals surface area (Å²) in [6.07, 6.45) is 0. The summed E-state index contributed by atoms with van der Waals surface area (Å²) in [7, 11) is 1.62. The molecule has 0 aliphatic carbocycles. The molecule has 0 aliphatic heterocycles. The van der Waals surface area contributed by atoms with E-state index in [9.17, 15) is 4.79 Å². The Morgan fingerprint density at radius 1 is 1.24 bits per heavy atom. The van der Waals surface area contributed by atoms with Gasteiger partial charge in [0.15, 0.2) is 0 Å². The van der Waals surface area contributed by atoms with E-state index in [1.54, 1.807) is 19.2 Å². The summed E-state index contributed by atoms with van der Waals surface area (Å²) < 4.78 is 7.07. The molecule has 0 aliphatic rings. The number of hydrogen-bond acceptors (Lipinski definition) is 3. The van der Waals surface area contributed by atoms with Crippen molar-refractivity contribution in [1.82, 2.24) is 14.9 Å². The number of carbonyl (C=O) groups excluding carboxylic acids is 1. The van der Waals surface area contributed by atoms with Crippen molar-refractivity contribution in [3.63, 3.8) is 0 Å². The molecule has 3 rings (SSSR count). The second-order valence-corrected chi connectivity index (χ2v) is 6.42. The molecule has 1 heterocycles. The molecule has 1 N–H and O–H groups in total. The zero-order valence-electron chi connectivity index (χ0n) is 14.4. The predicted molar refractivity (Wildman–Crippen MR) is 99.3 cm³/mol. The standard InChI is InChI=1S/C19H20ClN3O2/c1-12(2)23-17-9-6-14(10-16(17)22-19(23)20)18(24)21-11-13-4-7-15(25-3)8-5-13/h4-10,12H,11H2,1-3H3,(H,21,24). The van der Waals surface area contributed by atoms with E-state index in [1.165, 1.54) is 0 Å². The summed E-state index contributed by atoms with van der Waals surface area (Å²) in [5.74, 6) is 0.645. The summed E-state index contributed by atoms with van der Waals surface area (Å²) in [5.41, 5.74) is 3.20. The van der Waals surface area contributed by atoms with E-state index >= 15 is 0 Å². The lowest BCUT2D eigenvalue weighted by molar-refractivity contribution is 0.0951. The maximum absolute atomic E-state index is 12.4. The molecule has 0 saturated heterocycles. The van der Waals surface area contributed by atoms with Gasteiger partial charge in [-0.1, -0.05) is 12.1 Å². The number of nitrogens with one attached hydrogen (secondary N) is 1. The number of ether oxygens (including phenoxy) is 1. The summed E-state index contributed by atoms with van der Waals surface area (Å²) in [6, 6.07) is 13.2. The Balaban J connectivity index is 1.75. The van der Waals surface area contributed by atoms with Crippen LogP contribution in [0.2, 0.25) is 5.28 Å². The average molecular weight is 358 g/mol. The Morgan fingerprint density at radius 3 is 2.60 bits per heavy atom. The van der Waals surface area contributed by atoms with Crippen molar-refractivity contribution in [3.05, 3.63) is 58.9 Å². The van der Waals surface area contributed by atoms with Gasteiger partial charge in [0.2, 0.25) is 5.28 Å². The number of carbonyl (C=O) groups is 1. The number of hydrogen-bond donors (Lipinski definition) is 1. The second-order valence-electron chi connectivity index (χ2n) is 6.08. The highest BCUT2D eigenvalue weighted by atomic mass is 35.5. The van der Waals surface area contributed by atoms with Gasteiger partial charge < -0.3 is 14.6 Å². The van der Waals surface area contributed by atoms with Crippen LogP contribution in [0.5, 0.6) is 5.75 Å². The Morgan fingerprint density at radius 2 is 1.96 bits per heavy atom. The number of aromatic nitrogens is 2. The third kappa shape index (κ3) is 3.61. The summed E-state index contributed by atoms with van der Waals surface area (Å²) in [6.45, 7) is 4.53. The number of benzene rings is 2. The number of halogens is 1. The summed E-state index contributed by atoms with van der Waals surface area (Å²) >= 11 is 6.20. The van der Waals surface area contributed by atoms with Crippen LogP contribution < -0.4 is 10.1 Å².